The summed E-state index contributed by atoms with van der Waals surface area (Å²) in [4.78, 5) is 20.7. The maximum Gasteiger partial charge on any atom is 0.258 e. The predicted molar refractivity (Wildman–Crippen MR) is 105 cm³/mol. The summed E-state index contributed by atoms with van der Waals surface area (Å²) in [5.41, 5.74) is 0.470. The lowest BCUT2D eigenvalue weighted by molar-refractivity contribution is 0.102. The van der Waals surface area contributed by atoms with Gasteiger partial charge in [-0.3, -0.25) is 4.79 Å². The minimum Gasteiger partial charge on any atom is -0.370 e. The number of hydrogen-bond acceptors (Lipinski definition) is 5. The maximum atomic E-state index is 13.7. The van der Waals surface area contributed by atoms with E-state index in [1.165, 1.54) is 0 Å². The zero-order valence-corrected chi connectivity index (χ0v) is 15.7. The first kappa shape index (κ1) is 20.1. The van der Waals surface area contributed by atoms with Gasteiger partial charge in [0.1, 0.15) is 17.5 Å². The molecule has 0 saturated heterocycles. The van der Waals surface area contributed by atoms with Crippen LogP contribution in [0, 0.1) is 24.4 Å². The van der Waals surface area contributed by atoms with Crippen LogP contribution in [0.1, 0.15) is 23.1 Å². The first-order valence-corrected chi connectivity index (χ1v) is 8.79. The van der Waals surface area contributed by atoms with E-state index in [4.69, 9.17) is 0 Å². The summed E-state index contributed by atoms with van der Waals surface area (Å²) in [6, 6.07) is 9.87. The summed E-state index contributed by atoms with van der Waals surface area (Å²) in [5, 5.41) is 8.68. The molecule has 29 heavy (non-hydrogen) atoms. The topological polar surface area (TPSA) is 78.9 Å². The molecule has 3 aromatic rings. The molecule has 1 heterocycles. The fraction of sp³-hybridized carbons (Fsp3) is 0.150. The summed E-state index contributed by atoms with van der Waals surface area (Å²) in [6.45, 7) is 4.47. The van der Waals surface area contributed by atoms with Crippen molar-refractivity contribution in [3.8, 4) is 0 Å². The number of carbonyl (C=O) groups is 1. The summed E-state index contributed by atoms with van der Waals surface area (Å²) >= 11 is 0. The lowest BCUT2D eigenvalue weighted by Gasteiger charge is -2.11. The van der Waals surface area contributed by atoms with Crippen molar-refractivity contribution in [2.75, 3.05) is 22.5 Å². The minimum absolute atomic E-state index is 0.358. The van der Waals surface area contributed by atoms with Crippen molar-refractivity contribution in [2.24, 2.45) is 0 Å². The van der Waals surface area contributed by atoms with Crippen LogP contribution >= 0.6 is 0 Å². The van der Waals surface area contributed by atoms with Gasteiger partial charge in [0.15, 0.2) is 17.5 Å². The van der Waals surface area contributed by atoms with Crippen molar-refractivity contribution >= 4 is 28.9 Å². The van der Waals surface area contributed by atoms with E-state index in [0.717, 1.165) is 12.6 Å². The number of carbonyl (C=O) groups excluding carboxylic acids is 1. The Balaban J connectivity index is 1.71. The molecule has 2 aromatic carbocycles. The molecule has 0 spiro atoms. The van der Waals surface area contributed by atoms with E-state index in [9.17, 15) is 18.0 Å². The molecule has 0 aliphatic carbocycles. The van der Waals surface area contributed by atoms with Crippen LogP contribution < -0.4 is 16.0 Å². The highest BCUT2D eigenvalue weighted by Crippen LogP contribution is 2.21. The molecule has 0 aliphatic heterocycles. The third-order valence-electron chi connectivity index (χ3n) is 3.89. The Morgan fingerprint density at radius 3 is 2.28 bits per heavy atom. The van der Waals surface area contributed by atoms with E-state index in [2.05, 4.69) is 25.9 Å². The van der Waals surface area contributed by atoms with Crippen LogP contribution in [0.25, 0.3) is 0 Å². The fourth-order valence-corrected chi connectivity index (χ4v) is 2.59. The SMILES string of the molecule is CCNc1cc(Nc2ccc(NC(=O)c3ccc(F)c(F)c3F)cc2)nc(C)n1. The second kappa shape index (κ2) is 8.59. The molecular weight excluding hydrogens is 383 g/mol. The van der Waals surface area contributed by atoms with Crippen molar-refractivity contribution in [1.29, 1.82) is 0 Å². The summed E-state index contributed by atoms with van der Waals surface area (Å²) in [5.74, 6) is -3.57. The summed E-state index contributed by atoms with van der Waals surface area (Å²) in [7, 11) is 0. The van der Waals surface area contributed by atoms with Crippen molar-refractivity contribution in [3.05, 3.63) is 71.3 Å². The first-order valence-electron chi connectivity index (χ1n) is 8.79. The van der Waals surface area contributed by atoms with Gasteiger partial charge in [-0.15, -0.1) is 0 Å². The monoisotopic (exact) mass is 401 g/mol. The first-order chi connectivity index (χ1) is 13.9. The van der Waals surface area contributed by atoms with Gasteiger partial charge in [0.05, 0.1) is 5.56 Å². The minimum atomic E-state index is -1.69. The Labute approximate surface area is 165 Å². The molecule has 0 unspecified atom stereocenters. The zero-order chi connectivity index (χ0) is 21.0. The molecule has 3 N–H and O–H groups in total. The number of anilines is 4. The van der Waals surface area contributed by atoms with Crippen LogP contribution in [0.3, 0.4) is 0 Å². The van der Waals surface area contributed by atoms with Gasteiger partial charge in [-0.1, -0.05) is 0 Å². The Morgan fingerprint density at radius 2 is 1.59 bits per heavy atom. The predicted octanol–water partition coefficient (Wildman–Crippen LogP) is 4.63. The molecule has 9 heteroatoms. The third kappa shape index (κ3) is 4.81. The summed E-state index contributed by atoms with van der Waals surface area (Å²) in [6.07, 6.45) is 0. The van der Waals surface area contributed by atoms with E-state index < -0.39 is 28.9 Å². The second-order valence-electron chi connectivity index (χ2n) is 6.10. The largest absolute Gasteiger partial charge is 0.370 e. The molecule has 0 bridgehead atoms. The third-order valence-corrected chi connectivity index (χ3v) is 3.89. The Morgan fingerprint density at radius 1 is 0.931 bits per heavy atom. The number of halogens is 3. The molecule has 3 rings (SSSR count). The lowest BCUT2D eigenvalue weighted by Crippen LogP contribution is -2.15. The number of benzene rings is 2. The van der Waals surface area contributed by atoms with Gasteiger partial charge in [0.2, 0.25) is 0 Å². The van der Waals surface area contributed by atoms with Gasteiger partial charge in [-0.05, 0) is 50.2 Å². The van der Waals surface area contributed by atoms with E-state index in [0.29, 0.717) is 34.9 Å². The van der Waals surface area contributed by atoms with E-state index >= 15 is 0 Å². The normalized spacial score (nSPS) is 10.5. The van der Waals surface area contributed by atoms with Crippen LogP contribution in [0.4, 0.5) is 36.2 Å². The smallest absolute Gasteiger partial charge is 0.258 e. The second-order valence-corrected chi connectivity index (χ2v) is 6.10. The van der Waals surface area contributed by atoms with E-state index in [-0.39, 0.29) is 0 Å². The fourth-order valence-electron chi connectivity index (χ4n) is 2.59. The van der Waals surface area contributed by atoms with E-state index in [1.807, 2.05) is 6.92 Å². The zero-order valence-electron chi connectivity index (χ0n) is 15.7. The van der Waals surface area contributed by atoms with Gasteiger partial charge in [0.25, 0.3) is 5.91 Å². The van der Waals surface area contributed by atoms with Crippen molar-refractivity contribution < 1.29 is 18.0 Å². The molecule has 0 atom stereocenters. The van der Waals surface area contributed by atoms with Gasteiger partial charge in [0, 0.05) is 24.0 Å². The van der Waals surface area contributed by atoms with Crippen molar-refractivity contribution in [3.63, 3.8) is 0 Å². The van der Waals surface area contributed by atoms with Gasteiger partial charge < -0.3 is 16.0 Å². The maximum absolute atomic E-state index is 13.7. The van der Waals surface area contributed by atoms with Crippen LogP contribution in [-0.4, -0.2) is 22.4 Å². The number of nitrogens with one attached hydrogen (secondary N) is 3. The molecule has 0 radical (unpaired) electrons. The average molecular weight is 401 g/mol. The van der Waals surface area contributed by atoms with Crippen LogP contribution in [0.2, 0.25) is 0 Å². The molecular formula is C20H18F3N5O. The molecule has 0 aliphatic rings. The van der Waals surface area contributed by atoms with Gasteiger partial charge in [-0.25, -0.2) is 23.1 Å². The van der Waals surface area contributed by atoms with Crippen LogP contribution in [-0.2, 0) is 0 Å². The van der Waals surface area contributed by atoms with Gasteiger partial charge >= 0.3 is 0 Å². The summed E-state index contributed by atoms with van der Waals surface area (Å²) < 4.78 is 40.0. The Kier molecular flexibility index (Phi) is 5.96. The number of amides is 1. The Hall–Kier alpha value is -3.62. The molecule has 150 valence electrons. The quantitative estimate of drug-likeness (QED) is 0.525. The van der Waals surface area contributed by atoms with Crippen LogP contribution in [0.5, 0.6) is 0 Å². The number of hydrogen-bond donors (Lipinski definition) is 3. The number of aryl methyl sites for hydroxylation is 1. The number of aromatic nitrogens is 2. The molecule has 1 aromatic heterocycles. The van der Waals surface area contributed by atoms with Crippen molar-refractivity contribution in [2.45, 2.75) is 13.8 Å². The lowest BCUT2D eigenvalue weighted by atomic mass is 10.1. The number of rotatable bonds is 6. The van der Waals surface area contributed by atoms with Gasteiger partial charge in [-0.2, -0.15) is 0 Å². The average Bonchev–Trinajstić information content (AvgIpc) is 2.67. The van der Waals surface area contributed by atoms with Crippen LogP contribution in [0.15, 0.2) is 42.5 Å². The number of nitrogens with zero attached hydrogens (tertiary/aromatic N) is 2. The molecule has 1 amide bonds. The Bertz CT molecular complexity index is 1040. The highest BCUT2D eigenvalue weighted by Gasteiger charge is 2.18. The molecule has 0 saturated carbocycles. The highest BCUT2D eigenvalue weighted by atomic mass is 19.2. The molecule has 0 fully saturated rings. The standard InChI is InChI=1S/C20H18F3N5O/c1-3-24-16-10-17(26-11(2)25-16)27-12-4-6-13(7-5-12)28-20(29)14-8-9-15(21)19(23)18(14)22/h4-10H,3H2,1-2H3,(H,28,29)(H2,24,25,26,27). The molecule has 6 nitrogen and oxygen atoms in total. The van der Waals surface area contributed by atoms with Crippen molar-refractivity contribution in [1.82, 2.24) is 9.97 Å². The van der Waals surface area contributed by atoms with E-state index in [1.54, 1.807) is 37.3 Å². The highest BCUT2D eigenvalue weighted by molar-refractivity contribution is 6.04.